The average Bonchev–Trinajstić information content (AvgIpc) is 2.31. The Labute approximate surface area is 115 Å². The highest BCUT2D eigenvalue weighted by atomic mass is 16.5. The molecule has 1 unspecified atom stereocenters. The smallest absolute Gasteiger partial charge is 0.323 e. The Bertz CT molecular complexity index is 282. The fraction of sp³-hybridized carbons (Fsp3) is 0.846. The van der Waals surface area contributed by atoms with Crippen LogP contribution in [-0.4, -0.2) is 54.9 Å². The minimum atomic E-state index is -1.03. The number of carbonyl (C=O) groups is 2. The third-order valence-corrected chi connectivity index (χ3v) is 2.73. The summed E-state index contributed by atoms with van der Waals surface area (Å²) in [7, 11) is 1.52. The van der Waals surface area contributed by atoms with Gasteiger partial charge in [-0.2, -0.15) is 0 Å². The second-order valence-electron chi connectivity index (χ2n) is 5.13. The van der Waals surface area contributed by atoms with Gasteiger partial charge >= 0.3 is 12.0 Å². The molecule has 0 aliphatic heterocycles. The number of hydrogen-bond donors (Lipinski definition) is 2. The molecule has 19 heavy (non-hydrogen) atoms. The molecule has 0 saturated heterocycles. The first kappa shape index (κ1) is 17.7. The zero-order chi connectivity index (χ0) is 14.8. The molecule has 0 aromatic carbocycles. The van der Waals surface area contributed by atoms with Crippen LogP contribution >= 0.6 is 0 Å². The van der Waals surface area contributed by atoms with Crippen molar-refractivity contribution in [2.75, 3.05) is 26.8 Å². The molecule has 0 bridgehead atoms. The van der Waals surface area contributed by atoms with E-state index < -0.39 is 5.97 Å². The van der Waals surface area contributed by atoms with E-state index in [0.29, 0.717) is 12.5 Å². The number of urea groups is 1. The average molecular weight is 274 g/mol. The van der Waals surface area contributed by atoms with Crippen molar-refractivity contribution in [3.05, 3.63) is 0 Å². The molecule has 1 atom stereocenters. The monoisotopic (exact) mass is 274 g/mol. The maximum absolute atomic E-state index is 11.9. The van der Waals surface area contributed by atoms with Gasteiger partial charge in [-0.25, -0.2) is 4.79 Å². The van der Waals surface area contributed by atoms with E-state index in [-0.39, 0.29) is 25.2 Å². The zero-order valence-electron chi connectivity index (χ0n) is 12.3. The summed E-state index contributed by atoms with van der Waals surface area (Å²) < 4.78 is 4.87. The number of nitrogens with one attached hydrogen (secondary N) is 1. The van der Waals surface area contributed by atoms with E-state index in [4.69, 9.17) is 9.84 Å². The molecule has 0 aromatic heterocycles. The van der Waals surface area contributed by atoms with Crippen molar-refractivity contribution in [2.24, 2.45) is 5.92 Å². The van der Waals surface area contributed by atoms with Gasteiger partial charge in [-0.1, -0.05) is 13.8 Å². The van der Waals surface area contributed by atoms with Crippen molar-refractivity contribution in [1.82, 2.24) is 10.2 Å². The Balaban J connectivity index is 4.24. The third kappa shape index (κ3) is 9.30. The van der Waals surface area contributed by atoms with E-state index in [0.717, 1.165) is 12.8 Å². The fourth-order valence-electron chi connectivity index (χ4n) is 1.57. The summed E-state index contributed by atoms with van der Waals surface area (Å²) in [6, 6.07) is -0.315. The molecular weight excluding hydrogens is 248 g/mol. The normalized spacial score (nSPS) is 12.3. The standard InChI is InChI=1S/C13H26N2O4/c1-10(2)5-6-11(3)14-13(18)15(7-8-19-4)9-12(16)17/h10-11H,5-9H2,1-4H3,(H,14,18)(H,16,17). The maximum Gasteiger partial charge on any atom is 0.323 e. The Morgan fingerprint density at radius 1 is 1.26 bits per heavy atom. The molecule has 0 aliphatic rings. The van der Waals surface area contributed by atoms with Crippen LogP contribution in [0.3, 0.4) is 0 Å². The number of methoxy groups -OCH3 is 1. The first-order valence-electron chi connectivity index (χ1n) is 6.63. The molecule has 6 nitrogen and oxygen atoms in total. The molecule has 0 aliphatic carbocycles. The van der Waals surface area contributed by atoms with Gasteiger partial charge in [-0.15, -0.1) is 0 Å². The molecular formula is C13H26N2O4. The van der Waals surface area contributed by atoms with Crippen molar-refractivity contribution in [3.63, 3.8) is 0 Å². The van der Waals surface area contributed by atoms with E-state index >= 15 is 0 Å². The predicted molar refractivity (Wildman–Crippen MR) is 73.2 cm³/mol. The van der Waals surface area contributed by atoms with Crippen LogP contribution < -0.4 is 5.32 Å². The molecule has 2 amide bonds. The molecule has 0 fully saturated rings. The van der Waals surface area contributed by atoms with Crippen molar-refractivity contribution in [1.29, 1.82) is 0 Å². The topological polar surface area (TPSA) is 78.9 Å². The molecule has 0 aromatic rings. The number of carboxylic acid groups (broad SMARTS) is 1. The highest BCUT2D eigenvalue weighted by Gasteiger charge is 2.18. The van der Waals surface area contributed by atoms with Crippen molar-refractivity contribution in [3.8, 4) is 0 Å². The lowest BCUT2D eigenvalue weighted by atomic mass is 10.0. The number of aliphatic carboxylic acids is 1. The summed E-state index contributed by atoms with van der Waals surface area (Å²) in [5, 5.41) is 11.6. The predicted octanol–water partition coefficient (Wildman–Crippen LogP) is 1.55. The third-order valence-electron chi connectivity index (χ3n) is 2.73. The minimum Gasteiger partial charge on any atom is -0.480 e. The molecule has 2 N–H and O–H groups in total. The van der Waals surface area contributed by atoms with E-state index in [2.05, 4.69) is 19.2 Å². The first-order valence-corrected chi connectivity index (χ1v) is 6.63. The van der Waals surface area contributed by atoms with Gasteiger partial charge in [0.05, 0.1) is 6.61 Å². The van der Waals surface area contributed by atoms with Gasteiger partial charge in [-0.05, 0) is 25.7 Å². The van der Waals surface area contributed by atoms with E-state index in [1.807, 2.05) is 6.92 Å². The van der Waals surface area contributed by atoms with E-state index in [9.17, 15) is 9.59 Å². The summed E-state index contributed by atoms with van der Waals surface area (Å²) in [4.78, 5) is 23.9. The van der Waals surface area contributed by atoms with Crippen molar-refractivity contribution >= 4 is 12.0 Å². The molecule has 0 radical (unpaired) electrons. The SMILES string of the molecule is COCCN(CC(=O)O)C(=O)NC(C)CCC(C)C. The minimum absolute atomic E-state index is 0.0359. The van der Waals surface area contributed by atoms with Crippen LogP contribution in [0.5, 0.6) is 0 Å². The fourth-order valence-corrected chi connectivity index (χ4v) is 1.57. The summed E-state index contributed by atoms with van der Waals surface area (Å²) in [5.41, 5.74) is 0. The van der Waals surface area contributed by atoms with Crippen LogP contribution in [0, 0.1) is 5.92 Å². The molecule has 6 heteroatoms. The summed E-state index contributed by atoms with van der Waals surface area (Å²) in [5.74, 6) is -0.441. The van der Waals surface area contributed by atoms with Crippen LogP contribution in [0.1, 0.15) is 33.6 Å². The summed E-state index contributed by atoms with van der Waals surface area (Å²) in [6.07, 6.45) is 1.91. The van der Waals surface area contributed by atoms with Gasteiger partial charge in [0.25, 0.3) is 0 Å². The largest absolute Gasteiger partial charge is 0.480 e. The molecule has 0 spiro atoms. The number of rotatable bonds is 9. The van der Waals surface area contributed by atoms with Crippen LogP contribution in [-0.2, 0) is 9.53 Å². The van der Waals surface area contributed by atoms with Gasteiger partial charge < -0.3 is 20.1 Å². The van der Waals surface area contributed by atoms with Crippen molar-refractivity contribution in [2.45, 2.75) is 39.7 Å². The molecule has 0 heterocycles. The lowest BCUT2D eigenvalue weighted by Gasteiger charge is -2.23. The number of ether oxygens (including phenoxy) is 1. The van der Waals surface area contributed by atoms with Crippen LogP contribution in [0.15, 0.2) is 0 Å². The number of hydrogen-bond acceptors (Lipinski definition) is 3. The highest BCUT2D eigenvalue weighted by Crippen LogP contribution is 2.06. The quantitative estimate of drug-likeness (QED) is 0.668. The summed E-state index contributed by atoms with van der Waals surface area (Å²) >= 11 is 0. The Morgan fingerprint density at radius 3 is 2.37 bits per heavy atom. The number of carbonyl (C=O) groups excluding carboxylic acids is 1. The zero-order valence-corrected chi connectivity index (χ0v) is 12.3. The van der Waals surface area contributed by atoms with Crippen LogP contribution in [0.4, 0.5) is 4.79 Å². The molecule has 112 valence electrons. The molecule has 0 rings (SSSR count). The summed E-state index contributed by atoms with van der Waals surface area (Å²) in [6.45, 7) is 6.46. The van der Waals surface area contributed by atoms with Gasteiger partial charge in [-0.3, -0.25) is 4.79 Å². The second-order valence-corrected chi connectivity index (χ2v) is 5.13. The second kappa shape index (κ2) is 9.61. The Kier molecular flexibility index (Phi) is 8.95. The number of carboxylic acids is 1. The number of amides is 2. The highest BCUT2D eigenvalue weighted by molar-refractivity contribution is 5.80. The Morgan fingerprint density at radius 2 is 1.89 bits per heavy atom. The van der Waals surface area contributed by atoms with E-state index in [1.165, 1.54) is 12.0 Å². The molecule has 0 saturated carbocycles. The first-order chi connectivity index (χ1) is 8.86. The Hall–Kier alpha value is -1.30. The van der Waals surface area contributed by atoms with Crippen LogP contribution in [0.25, 0.3) is 0 Å². The maximum atomic E-state index is 11.9. The van der Waals surface area contributed by atoms with Gasteiger partial charge in [0.15, 0.2) is 0 Å². The van der Waals surface area contributed by atoms with Crippen molar-refractivity contribution < 1.29 is 19.4 Å². The number of nitrogens with zero attached hydrogens (tertiary/aromatic N) is 1. The van der Waals surface area contributed by atoms with Crippen LogP contribution in [0.2, 0.25) is 0 Å². The van der Waals surface area contributed by atoms with Gasteiger partial charge in [0.2, 0.25) is 0 Å². The lowest BCUT2D eigenvalue weighted by molar-refractivity contribution is -0.137. The van der Waals surface area contributed by atoms with E-state index in [1.54, 1.807) is 0 Å². The van der Waals surface area contributed by atoms with Gasteiger partial charge in [0.1, 0.15) is 6.54 Å². The lowest BCUT2D eigenvalue weighted by Crippen LogP contribution is -2.47. The van der Waals surface area contributed by atoms with Gasteiger partial charge in [0, 0.05) is 19.7 Å².